The van der Waals surface area contributed by atoms with Crippen molar-refractivity contribution in [2.75, 3.05) is 23.3 Å². The van der Waals surface area contributed by atoms with E-state index in [4.69, 9.17) is 11.6 Å². The van der Waals surface area contributed by atoms with E-state index in [-0.39, 0.29) is 24.8 Å². The van der Waals surface area contributed by atoms with E-state index < -0.39 is 0 Å². The van der Waals surface area contributed by atoms with Gasteiger partial charge in [-0.25, -0.2) is 0 Å². The van der Waals surface area contributed by atoms with Gasteiger partial charge in [0.25, 0.3) is 0 Å². The van der Waals surface area contributed by atoms with E-state index in [1.54, 1.807) is 0 Å². The Bertz CT molecular complexity index is 984. The molecular weight excluding hydrogens is 475 g/mol. The molecule has 2 N–H and O–H groups in total. The molecule has 1 heterocycles. The minimum absolute atomic E-state index is 0. The molecule has 2 aromatic carbocycles. The number of nitrogens with one attached hydrogen (secondary N) is 2. The molecule has 0 saturated heterocycles. The molecule has 33 heavy (non-hydrogen) atoms. The molecule has 1 aliphatic carbocycles. The second-order valence-electron chi connectivity index (χ2n) is 8.43. The average molecular weight is 510 g/mol. The van der Waals surface area contributed by atoms with Crippen LogP contribution in [0.3, 0.4) is 0 Å². The van der Waals surface area contributed by atoms with Crippen LogP contribution < -0.4 is 15.5 Å². The maximum Gasteiger partial charge on any atom is 0.0737 e. The highest BCUT2D eigenvalue weighted by atomic mass is 35.5. The van der Waals surface area contributed by atoms with Crippen LogP contribution in [0.15, 0.2) is 54.7 Å². The number of hydrogen-bond donors (Lipinski definition) is 2. The maximum absolute atomic E-state index is 6.12. The summed E-state index contributed by atoms with van der Waals surface area (Å²) in [5.41, 5.74) is 4.77. The third kappa shape index (κ3) is 7.13. The zero-order valence-electron chi connectivity index (χ0n) is 19.4. The summed E-state index contributed by atoms with van der Waals surface area (Å²) >= 11 is 6.12. The van der Waals surface area contributed by atoms with Gasteiger partial charge in [0.1, 0.15) is 0 Å². The van der Waals surface area contributed by atoms with Crippen molar-refractivity contribution in [3.8, 4) is 0 Å². The molecule has 4 nitrogen and oxygen atoms in total. The summed E-state index contributed by atoms with van der Waals surface area (Å²) in [6, 6.07) is 18.1. The zero-order valence-corrected chi connectivity index (χ0v) is 21.8. The lowest BCUT2D eigenvalue weighted by Gasteiger charge is -2.31. The molecule has 0 atom stereocenters. The molecule has 1 aliphatic rings. The van der Waals surface area contributed by atoms with Gasteiger partial charge in [-0.2, -0.15) is 0 Å². The van der Waals surface area contributed by atoms with Crippen LogP contribution in [0.2, 0.25) is 5.02 Å². The highest BCUT2D eigenvalue weighted by Crippen LogP contribution is 2.28. The molecule has 180 valence electrons. The zero-order chi connectivity index (χ0) is 21.6. The highest BCUT2D eigenvalue weighted by Gasteiger charge is 2.21. The second kappa shape index (κ2) is 13.2. The average Bonchev–Trinajstić information content (AvgIpc) is 2.80. The van der Waals surface area contributed by atoms with Crippen molar-refractivity contribution in [3.05, 3.63) is 65.3 Å². The summed E-state index contributed by atoms with van der Waals surface area (Å²) in [7, 11) is 0. The summed E-state index contributed by atoms with van der Waals surface area (Å²) < 4.78 is 0. The standard InChI is InChI=1S/C26H33ClN4.2ClH/c1-3-31(4-2)23-12-5-19(6-13-23)18-29-21-8-10-22(11-9-21)30-25-15-16-28-26-17-20(27)7-14-24(25)26;;/h5-7,12-17,21-22,29H,3-4,8-11,18H2,1-2H3,(H,28,30);2*1H. The first-order chi connectivity index (χ1) is 15.2. The van der Waals surface area contributed by atoms with Gasteiger partial charge in [-0.3, -0.25) is 4.98 Å². The van der Waals surface area contributed by atoms with Gasteiger partial charge in [-0.15, -0.1) is 24.8 Å². The maximum atomic E-state index is 6.12. The first-order valence-corrected chi connectivity index (χ1v) is 11.9. The number of fused-ring (bicyclic) bond motifs is 1. The van der Waals surface area contributed by atoms with Crippen LogP contribution in [0, 0.1) is 0 Å². The van der Waals surface area contributed by atoms with Crippen LogP contribution in [0.4, 0.5) is 11.4 Å². The quantitative estimate of drug-likeness (QED) is 0.340. The lowest BCUT2D eigenvalue weighted by molar-refractivity contribution is 0.353. The Kier molecular flexibility index (Phi) is 11.0. The van der Waals surface area contributed by atoms with Gasteiger partial charge in [0.2, 0.25) is 0 Å². The van der Waals surface area contributed by atoms with Crippen molar-refractivity contribution in [1.29, 1.82) is 0 Å². The Morgan fingerprint density at radius 2 is 1.58 bits per heavy atom. The fourth-order valence-corrected chi connectivity index (χ4v) is 4.75. The molecule has 1 saturated carbocycles. The smallest absolute Gasteiger partial charge is 0.0737 e. The number of halogens is 3. The van der Waals surface area contributed by atoms with Crippen molar-refractivity contribution in [2.24, 2.45) is 0 Å². The first-order valence-electron chi connectivity index (χ1n) is 11.5. The molecule has 0 aliphatic heterocycles. The Morgan fingerprint density at radius 1 is 0.909 bits per heavy atom. The molecule has 0 spiro atoms. The fraction of sp³-hybridized carbons (Fsp3) is 0.423. The molecule has 3 aromatic rings. The number of aromatic nitrogens is 1. The van der Waals surface area contributed by atoms with Gasteiger partial charge < -0.3 is 15.5 Å². The topological polar surface area (TPSA) is 40.2 Å². The number of pyridine rings is 1. The third-order valence-corrected chi connectivity index (χ3v) is 6.69. The van der Waals surface area contributed by atoms with Gasteiger partial charge in [0.05, 0.1) is 5.52 Å². The monoisotopic (exact) mass is 508 g/mol. The minimum Gasteiger partial charge on any atom is -0.382 e. The van der Waals surface area contributed by atoms with E-state index in [0.717, 1.165) is 41.2 Å². The normalized spacial score (nSPS) is 17.7. The van der Waals surface area contributed by atoms with Crippen molar-refractivity contribution in [1.82, 2.24) is 10.3 Å². The predicted molar refractivity (Wildman–Crippen MR) is 148 cm³/mol. The van der Waals surface area contributed by atoms with Crippen LogP contribution in [0.25, 0.3) is 10.9 Å². The molecule has 4 rings (SSSR count). The van der Waals surface area contributed by atoms with E-state index in [0.29, 0.717) is 12.1 Å². The largest absolute Gasteiger partial charge is 0.382 e. The van der Waals surface area contributed by atoms with E-state index in [1.807, 2.05) is 18.3 Å². The molecule has 7 heteroatoms. The molecule has 1 aromatic heterocycles. The Hall–Kier alpha value is -1.72. The lowest BCUT2D eigenvalue weighted by atomic mass is 9.90. The Morgan fingerprint density at radius 3 is 2.24 bits per heavy atom. The van der Waals surface area contributed by atoms with Crippen LogP contribution in [0.1, 0.15) is 45.1 Å². The Labute approximate surface area is 215 Å². The summed E-state index contributed by atoms with van der Waals surface area (Å²) in [5.74, 6) is 0. The van der Waals surface area contributed by atoms with Crippen LogP contribution in [-0.2, 0) is 6.54 Å². The van der Waals surface area contributed by atoms with Crippen LogP contribution >= 0.6 is 36.4 Å². The van der Waals surface area contributed by atoms with Crippen molar-refractivity contribution >= 4 is 58.7 Å². The second-order valence-corrected chi connectivity index (χ2v) is 8.87. The van der Waals surface area contributed by atoms with Gasteiger partial charge in [-0.1, -0.05) is 23.7 Å². The number of anilines is 2. The predicted octanol–water partition coefficient (Wildman–Crippen LogP) is 7.09. The van der Waals surface area contributed by atoms with E-state index in [1.165, 1.54) is 36.9 Å². The number of nitrogens with zero attached hydrogens (tertiary/aromatic N) is 2. The molecule has 0 radical (unpaired) electrons. The molecular formula is C26H35Cl3N4. The fourth-order valence-electron chi connectivity index (χ4n) is 4.58. The van der Waals surface area contributed by atoms with Crippen molar-refractivity contribution in [3.63, 3.8) is 0 Å². The number of hydrogen-bond acceptors (Lipinski definition) is 4. The lowest BCUT2D eigenvalue weighted by Crippen LogP contribution is -2.36. The first kappa shape index (κ1) is 27.5. The minimum atomic E-state index is 0. The van der Waals surface area contributed by atoms with E-state index in [2.05, 4.69) is 70.8 Å². The third-order valence-electron chi connectivity index (χ3n) is 6.45. The summed E-state index contributed by atoms with van der Waals surface area (Å²) in [6.45, 7) is 7.45. The SMILES string of the molecule is CCN(CC)c1ccc(CNC2CCC(Nc3ccnc4cc(Cl)ccc34)CC2)cc1.Cl.Cl. The van der Waals surface area contributed by atoms with E-state index in [9.17, 15) is 0 Å². The highest BCUT2D eigenvalue weighted by molar-refractivity contribution is 6.31. The van der Waals surface area contributed by atoms with Crippen molar-refractivity contribution < 1.29 is 0 Å². The Balaban J connectivity index is 0.00000193. The van der Waals surface area contributed by atoms with Crippen molar-refractivity contribution in [2.45, 2.75) is 58.2 Å². The summed E-state index contributed by atoms with van der Waals surface area (Å²) in [4.78, 5) is 6.83. The van der Waals surface area contributed by atoms with Gasteiger partial charge in [0, 0.05) is 59.7 Å². The van der Waals surface area contributed by atoms with Gasteiger partial charge in [-0.05, 0) is 81.5 Å². The molecule has 1 fully saturated rings. The van der Waals surface area contributed by atoms with Crippen LogP contribution in [0.5, 0.6) is 0 Å². The molecule has 0 unspecified atom stereocenters. The van der Waals surface area contributed by atoms with Gasteiger partial charge in [0.15, 0.2) is 0 Å². The molecule has 0 bridgehead atoms. The number of benzene rings is 2. The van der Waals surface area contributed by atoms with Crippen LogP contribution in [-0.4, -0.2) is 30.2 Å². The summed E-state index contributed by atoms with van der Waals surface area (Å²) in [5, 5.41) is 9.39. The number of rotatable bonds is 8. The van der Waals surface area contributed by atoms with E-state index >= 15 is 0 Å². The molecule has 0 amide bonds. The summed E-state index contributed by atoms with van der Waals surface area (Å²) in [6.07, 6.45) is 6.61. The van der Waals surface area contributed by atoms with Gasteiger partial charge >= 0.3 is 0 Å².